The summed E-state index contributed by atoms with van der Waals surface area (Å²) in [7, 11) is 0. The highest BCUT2D eigenvalue weighted by Gasteiger charge is 2.37. The van der Waals surface area contributed by atoms with Gasteiger partial charge in [0.25, 0.3) is 0 Å². The number of hydrogen-bond acceptors (Lipinski definition) is 3. The molecule has 0 radical (unpaired) electrons. The molecule has 0 aliphatic heterocycles. The third kappa shape index (κ3) is 2.64. The van der Waals surface area contributed by atoms with Gasteiger partial charge in [-0.05, 0) is 13.0 Å². The molecule has 1 aromatic heterocycles. The molecule has 19 heavy (non-hydrogen) atoms. The van der Waals surface area contributed by atoms with Crippen LogP contribution in [0.15, 0.2) is 36.9 Å². The first-order chi connectivity index (χ1) is 8.93. The van der Waals surface area contributed by atoms with Gasteiger partial charge in [-0.15, -0.1) is 0 Å². The van der Waals surface area contributed by atoms with Crippen molar-refractivity contribution in [3.63, 3.8) is 0 Å². The molecule has 4 nitrogen and oxygen atoms in total. The Morgan fingerprint density at radius 3 is 2.68 bits per heavy atom. The number of imidazole rings is 1. The van der Waals surface area contributed by atoms with E-state index < -0.39 is 23.3 Å². The minimum absolute atomic E-state index is 0.0901. The van der Waals surface area contributed by atoms with Crippen LogP contribution in [0, 0.1) is 11.6 Å². The molecule has 2 N–H and O–H groups in total. The average molecular weight is 268 g/mol. The van der Waals surface area contributed by atoms with Crippen molar-refractivity contribution in [2.45, 2.75) is 25.2 Å². The summed E-state index contributed by atoms with van der Waals surface area (Å²) in [5.41, 5.74) is -2.02. The number of benzene rings is 1. The van der Waals surface area contributed by atoms with E-state index in [4.69, 9.17) is 0 Å². The Morgan fingerprint density at radius 1 is 1.42 bits per heavy atom. The Kier molecular flexibility index (Phi) is 3.64. The van der Waals surface area contributed by atoms with Crippen LogP contribution in [-0.4, -0.2) is 25.9 Å². The summed E-state index contributed by atoms with van der Waals surface area (Å²) in [5.74, 6) is -1.64. The highest BCUT2D eigenvalue weighted by atomic mass is 19.1. The number of rotatable bonds is 4. The van der Waals surface area contributed by atoms with Crippen LogP contribution in [0.2, 0.25) is 0 Å². The monoisotopic (exact) mass is 268 g/mol. The maximum atomic E-state index is 13.8. The number of aliphatic hydroxyl groups excluding tert-OH is 1. The maximum absolute atomic E-state index is 13.8. The molecule has 0 aliphatic rings. The first kappa shape index (κ1) is 13.6. The molecule has 102 valence electrons. The summed E-state index contributed by atoms with van der Waals surface area (Å²) in [6.45, 7) is 1.26. The van der Waals surface area contributed by atoms with E-state index in [-0.39, 0.29) is 12.1 Å². The lowest BCUT2D eigenvalue weighted by molar-refractivity contribution is -0.0854. The summed E-state index contributed by atoms with van der Waals surface area (Å²) in [6, 6.07) is 2.85. The summed E-state index contributed by atoms with van der Waals surface area (Å²) < 4.78 is 28.2. The number of halogens is 2. The molecule has 0 aliphatic carbocycles. The largest absolute Gasteiger partial charge is 0.390 e. The van der Waals surface area contributed by atoms with Crippen LogP contribution in [-0.2, 0) is 12.1 Å². The predicted octanol–water partition coefficient (Wildman–Crippen LogP) is 1.43. The van der Waals surface area contributed by atoms with Gasteiger partial charge < -0.3 is 14.8 Å². The van der Waals surface area contributed by atoms with Crippen molar-refractivity contribution < 1.29 is 19.0 Å². The lowest BCUT2D eigenvalue weighted by Crippen LogP contribution is -2.42. The molecule has 0 amide bonds. The van der Waals surface area contributed by atoms with Crippen LogP contribution in [0.25, 0.3) is 0 Å². The van der Waals surface area contributed by atoms with E-state index in [1.807, 2.05) is 0 Å². The molecule has 2 rings (SSSR count). The van der Waals surface area contributed by atoms with Crippen molar-refractivity contribution in [3.8, 4) is 0 Å². The molecule has 0 fully saturated rings. The number of nitrogens with zero attached hydrogens (tertiary/aromatic N) is 2. The predicted molar refractivity (Wildman–Crippen MR) is 64.2 cm³/mol. The van der Waals surface area contributed by atoms with Gasteiger partial charge in [0.05, 0.1) is 19.0 Å². The van der Waals surface area contributed by atoms with Gasteiger partial charge in [-0.25, -0.2) is 13.8 Å². The van der Waals surface area contributed by atoms with E-state index in [1.54, 1.807) is 6.20 Å². The Morgan fingerprint density at radius 2 is 2.16 bits per heavy atom. The Bertz CT molecular complexity index is 558. The van der Waals surface area contributed by atoms with Crippen LogP contribution in [0.3, 0.4) is 0 Å². The van der Waals surface area contributed by atoms with Crippen LogP contribution >= 0.6 is 0 Å². The van der Waals surface area contributed by atoms with Gasteiger partial charge in [0.1, 0.15) is 17.2 Å². The van der Waals surface area contributed by atoms with Crippen molar-refractivity contribution in [2.24, 2.45) is 0 Å². The second kappa shape index (κ2) is 5.07. The maximum Gasteiger partial charge on any atom is 0.136 e. The van der Waals surface area contributed by atoms with E-state index in [1.165, 1.54) is 24.0 Å². The van der Waals surface area contributed by atoms with Crippen LogP contribution in [0.1, 0.15) is 12.5 Å². The van der Waals surface area contributed by atoms with Gasteiger partial charge in [0.15, 0.2) is 0 Å². The van der Waals surface area contributed by atoms with Crippen molar-refractivity contribution in [2.75, 3.05) is 0 Å². The minimum Gasteiger partial charge on any atom is -0.390 e. The van der Waals surface area contributed by atoms with Crippen LogP contribution < -0.4 is 0 Å². The van der Waals surface area contributed by atoms with Crippen molar-refractivity contribution >= 4 is 0 Å². The van der Waals surface area contributed by atoms with Gasteiger partial charge in [-0.3, -0.25) is 0 Å². The zero-order valence-corrected chi connectivity index (χ0v) is 10.3. The number of hydrogen-bond donors (Lipinski definition) is 2. The fourth-order valence-corrected chi connectivity index (χ4v) is 1.94. The normalized spacial score (nSPS) is 16.1. The second-order valence-corrected chi connectivity index (χ2v) is 4.46. The number of aliphatic hydroxyl groups is 2. The third-order valence-electron chi connectivity index (χ3n) is 3.07. The zero-order valence-electron chi connectivity index (χ0n) is 10.3. The summed E-state index contributed by atoms with van der Waals surface area (Å²) in [4.78, 5) is 3.81. The molecule has 1 heterocycles. The number of aromatic nitrogens is 2. The smallest absolute Gasteiger partial charge is 0.136 e. The lowest BCUT2D eigenvalue weighted by Gasteiger charge is -2.32. The van der Waals surface area contributed by atoms with E-state index in [0.29, 0.717) is 6.07 Å². The van der Waals surface area contributed by atoms with E-state index >= 15 is 0 Å². The summed E-state index contributed by atoms with van der Waals surface area (Å²) in [6.07, 6.45) is 3.28. The standard InChI is InChI=1S/C13H14F2N2O2/c1-9(18)13(19,7-17-5-4-16-8-17)11-3-2-10(14)6-12(11)15/h2-6,8-9,18-19H,7H2,1H3/t9-,13?/m1/s1. The quantitative estimate of drug-likeness (QED) is 0.882. The molecular weight excluding hydrogens is 254 g/mol. The van der Waals surface area contributed by atoms with Gasteiger partial charge in [-0.2, -0.15) is 0 Å². The highest BCUT2D eigenvalue weighted by Crippen LogP contribution is 2.30. The molecule has 2 aromatic rings. The third-order valence-corrected chi connectivity index (χ3v) is 3.07. The average Bonchev–Trinajstić information content (AvgIpc) is 2.81. The Balaban J connectivity index is 2.43. The molecule has 6 heteroatoms. The van der Waals surface area contributed by atoms with Gasteiger partial charge in [0.2, 0.25) is 0 Å². The second-order valence-electron chi connectivity index (χ2n) is 4.46. The molecule has 1 unspecified atom stereocenters. The molecular formula is C13H14F2N2O2. The summed E-state index contributed by atoms with van der Waals surface area (Å²) in [5, 5.41) is 20.3. The van der Waals surface area contributed by atoms with Crippen molar-refractivity contribution in [1.29, 1.82) is 0 Å². The Hall–Kier alpha value is -1.79. The molecule has 1 aromatic carbocycles. The van der Waals surface area contributed by atoms with E-state index in [0.717, 1.165) is 12.1 Å². The zero-order chi connectivity index (χ0) is 14.0. The topological polar surface area (TPSA) is 58.3 Å². The summed E-state index contributed by atoms with van der Waals surface area (Å²) >= 11 is 0. The first-order valence-electron chi connectivity index (χ1n) is 5.75. The molecule has 2 atom stereocenters. The van der Waals surface area contributed by atoms with E-state index in [2.05, 4.69) is 4.98 Å². The molecule has 0 saturated carbocycles. The fraction of sp³-hybridized carbons (Fsp3) is 0.308. The van der Waals surface area contributed by atoms with Crippen molar-refractivity contribution in [1.82, 2.24) is 9.55 Å². The minimum atomic E-state index is -1.86. The van der Waals surface area contributed by atoms with Gasteiger partial charge in [0, 0.05) is 24.0 Å². The lowest BCUT2D eigenvalue weighted by atomic mass is 9.88. The van der Waals surface area contributed by atoms with Crippen LogP contribution in [0.4, 0.5) is 8.78 Å². The van der Waals surface area contributed by atoms with Crippen molar-refractivity contribution in [3.05, 3.63) is 54.1 Å². The SMILES string of the molecule is C[C@@H](O)C(O)(Cn1ccnc1)c1ccc(F)cc1F. The molecule has 0 saturated heterocycles. The Labute approximate surface area is 109 Å². The van der Waals surface area contributed by atoms with Gasteiger partial charge >= 0.3 is 0 Å². The molecule has 0 spiro atoms. The fourth-order valence-electron chi connectivity index (χ4n) is 1.94. The van der Waals surface area contributed by atoms with E-state index in [9.17, 15) is 19.0 Å². The van der Waals surface area contributed by atoms with Gasteiger partial charge in [-0.1, -0.05) is 6.07 Å². The van der Waals surface area contributed by atoms with Crippen LogP contribution in [0.5, 0.6) is 0 Å². The highest BCUT2D eigenvalue weighted by molar-refractivity contribution is 5.26. The molecule has 0 bridgehead atoms. The first-order valence-corrected chi connectivity index (χ1v) is 5.75.